The lowest BCUT2D eigenvalue weighted by molar-refractivity contribution is -0.150. The maximum absolute atomic E-state index is 12.4. The zero-order valence-electron chi connectivity index (χ0n) is 13.5. The first-order valence-corrected chi connectivity index (χ1v) is 7.72. The molecule has 2 aromatic rings. The lowest BCUT2D eigenvalue weighted by Crippen LogP contribution is -2.40. The molecule has 120 valence electrons. The molecule has 0 aromatic heterocycles. The van der Waals surface area contributed by atoms with Crippen molar-refractivity contribution >= 4 is 5.97 Å². The first-order valence-electron chi connectivity index (χ1n) is 7.72. The second-order valence-electron chi connectivity index (χ2n) is 5.34. The van der Waals surface area contributed by atoms with E-state index in [0.717, 1.165) is 6.42 Å². The van der Waals surface area contributed by atoms with Gasteiger partial charge < -0.3 is 9.84 Å². The summed E-state index contributed by atoms with van der Waals surface area (Å²) in [7, 11) is 1.34. The molecule has 2 rings (SSSR count). The van der Waals surface area contributed by atoms with Gasteiger partial charge in [0.15, 0.2) is 0 Å². The molecule has 23 heavy (non-hydrogen) atoms. The zero-order valence-corrected chi connectivity index (χ0v) is 13.5. The molecule has 0 bridgehead atoms. The Bertz CT molecular complexity index is 608. The van der Waals surface area contributed by atoms with Crippen LogP contribution in [0.4, 0.5) is 0 Å². The number of hydrogen-bond acceptors (Lipinski definition) is 3. The van der Waals surface area contributed by atoms with Gasteiger partial charge in [0.25, 0.3) is 0 Å². The monoisotopic (exact) mass is 310 g/mol. The van der Waals surface area contributed by atoms with Crippen molar-refractivity contribution in [2.45, 2.75) is 18.9 Å². The molecule has 0 aliphatic rings. The van der Waals surface area contributed by atoms with Gasteiger partial charge in [0.05, 0.1) is 7.11 Å². The third-order valence-electron chi connectivity index (χ3n) is 3.90. The summed E-state index contributed by atoms with van der Waals surface area (Å²) in [5, 5.41) is 11.6. The third kappa shape index (κ3) is 3.51. The summed E-state index contributed by atoms with van der Waals surface area (Å²) in [4.78, 5) is 12.4. The van der Waals surface area contributed by atoms with E-state index in [1.165, 1.54) is 7.11 Å². The molecule has 0 aliphatic carbocycles. The first-order chi connectivity index (χ1) is 11.1. The summed E-state index contributed by atoms with van der Waals surface area (Å²) >= 11 is 0. The first kappa shape index (κ1) is 17.0. The van der Waals surface area contributed by atoms with Gasteiger partial charge in [-0.15, -0.1) is 0 Å². The number of esters is 1. The quantitative estimate of drug-likeness (QED) is 0.654. The fourth-order valence-electron chi connectivity index (χ4n) is 2.70. The van der Waals surface area contributed by atoms with Crippen molar-refractivity contribution in [2.24, 2.45) is 5.92 Å². The number of aliphatic hydroxyl groups is 1. The number of allylic oxidation sites excluding steroid dienone is 1. The summed E-state index contributed by atoms with van der Waals surface area (Å²) in [5.41, 5.74) is -0.175. The second kappa shape index (κ2) is 7.75. The number of carbonyl (C=O) groups is 1. The Kier molecular flexibility index (Phi) is 5.72. The van der Waals surface area contributed by atoms with E-state index < -0.39 is 17.5 Å². The van der Waals surface area contributed by atoms with Crippen molar-refractivity contribution in [2.75, 3.05) is 7.11 Å². The lowest BCUT2D eigenvalue weighted by Gasteiger charge is -2.34. The van der Waals surface area contributed by atoms with Crippen LogP contribution >= 0.6 is 0 Å². The van der Waals surface area contributed by atoms with Crippen LogP contribution in [0.25, 0.3) is 0 Å². The largest absolute Gasteiger partial charge is 0.468 e. The van der Waals surface area contributed by atoms with Crippen LogP contribution in [0.2, 0.25) is 0 Å². The number of carbonyl (C=O) groups excluding carboxylic acids is 1. The smallest absolute Gasteiger partial charge is 0.316 e. The summed E-state index contributed by atoms with van der Waals surface area (Å²) in [6.07, 6.45) is 4.37. The highest BCUT2D eigenvalue weighted by Crippen LogP contribution is 2.38. The standard InChI is InChI=1S/C20H22O3/c1-3-4-15-18(19(21)23-2)20(22,16-11-7-5-8-12-16)17-13-9-6-10-14-17/h4-15,18,22H,3H2,1-2H3/b15-4+. The molecule has 2 aromatic carbocycles. The Morgan fingerprint density at radius 1 is 1.09 bits per heavy atom. The van der Waals surface area contributed by atoms with E-state index in [-0.39, 0.29) is 0 Å². The average molecular weight is 310 g/mol. The maximum Gasteiger partial charge on any atom is 0.316 e. The molecule has 0 radical (unpaired) electrons. The molecule has 1 N–H and O–H groups in total. The van der Waals surface area contributed by atoms with Crippen molar-refractivity contribution in [1.29, 1.82) is 0 Å². The minimum atomic E-state index is -1.48. The van der Waals surface area contributed by atoms with Crippen LogP contribution in [0.15, 0.2) is 72.8 Å². The Hall–Kier alpha value is -2.39. The summed E-state index contributed by atoms with van der Waals surface area (Å²) in [6, 6.07) is 18.4. The van der Waals surface area contributed by atoms with Crippen molar-refractivity contribution in [3.63, 3.8) is 0 Å². The average Bonchev–Trinajstić information content (AvgIpc) is 2.62. The van der Waals surface area contributed by atoms with E-state index in [0.29, 0.717) is 11.1 Å². The van der Waals surface area contributed by atoms with E-state index in [1.807, 2.05) is 73.7 Å². The number of benzene rings is 2. The third-order valence-corrected chi connectivity index (χ3v) is 3.90. The minimum Gasteiger partial charge on any atom is -0.468 e. The number of rotatable bonds is 6. The molecular weight excluding hydrogens is 288 g/mol. The number of ether oxygens (including phenoxy) is 1. The molecule has 0 fully saturated rings. The molecule has 0 amide bonds. The second-order valence-corrected chi connectivity index (χ2v) is 5.34. The van der Waals surface area contributed by atoms with Crippen molar-refractivity contribution in [1.82, 2.24) is 0 Å². The van der Waals surface area contributed by atoms with Crippen molar-refractivity contribution < 1.29 is 14.6 Å². The molecule has 3 nitrogen and oxygen atoms in total. The van der Waals surface area contributed by atoms with Gasteiger partial charge in [-0.3, -0.25) is 4.79 Å². The van der Waals surface area contributed by atoms with Gasteiger partial charge in [0, 0.05) is 0 Å². The van der Waals surface area contributed by atoms with Crippen molar-refractivity contribution in [3.05, 3.63) is 83.9 Å². The van der Waals surface area contributed by atoms with Gasteiger partial charge in [-0.05, 0) is 17.5 Å². The van der Waals surface area contributed by atoms with E-state index in [9.17, 15) is 9.90 Å². The Labute approximate surface area is 137 Å². The van der Waals surface area contributed by atoms with Gasteiger partial charge in [0.1, 0.15) is 11.5 Å². The fraction of sp³-hybridized carbons (Fsp3) is 0.250. The molecular formula is C20H22O3. The fourth-order valence-corrected chi connectivity index (χ4v) is 2.70. The highest BCUT2D eigenvalue weighted by Gasteiger charge is 2.43. The van der Waals surface area contributed by atoms with E-state index in [2.05, 4.69) is 0 Å². The van der Waals surface area contributed by atoms with Gasteiger partial charge in [-0.1, -0.05) is 79.7 Å². The van der Waals surface area contributed by atoms with Crippen LogP contribution in [0.1, 0.15) is 24.5 Å². The van der Waals surface area contributed by atoms with E-state index in [1.54, 1.807) is 6.08 Å². The Morgan fingerprint density at radius 2 is 1.57 bits per heavy atom. The van der Waals surface area contributed by atoms with Gasteiger partial charge >= 0.3 is 5.97 Å². The molecule has 0 saturated carbocycles. The summed E-state index contributed by atoms with van der Waals surface area (Å²) in [6.45, 7) is 1.98. The van der Waals surface area contributed by atoms with E-state index in [4.69, 9.17) is 4.74 Å². The normalized spacial score (nSPS) is 13.0. The Balaban J connectivity index is 2.65. The molecule has 0 heterocycles. The molecule has 0 spiro atoms. The van der Waals surface area contributed by atoms with Crippen LogP contribution < -0.4 is 0 Å². The summed E-state index contributed by atoms with van der Waals surface area (Å²) in [5.74, 6) is -1.29. The molecule has 1 atom stereocenters. The molecule has 0 saturated heterocycles. The van der Waals surface area contributed by atoms with Crippen LogP contribution in [0.3, 0.4) is 0 Å². The van der Waals surface area contributed by atoms with Crippen LogP contribution in [0, 0.1) is 5.92 Å². The number of methoxy groups -OCH3 is 1. The Morgan fingerprint density at radius 3 is 1.96 bits per heavy atom. The van der Waals surface area contributed by atoms with Crippen LogP contribution in [0.5, 0.6) is 0 Å². The molecule has 1 unspecified atom stereocenters. The van der Waals surface area contributed by atoms with Gasteiger partial charge in [0.2, 0.25) is 0 Å². The topological polar surface area (TPSA) is 46.5 Å². The number of hydrogen-bond donors (Lipinski definition) is 1. The van der Waals surface area contributed by atoms with E-state index >= 15 is 0 Å². The van der Waals surface area contributed by atoms with Gasteiger partial charge in [-0.25, -0.2) is 0 Å². The van der Waals surface area contributed by atoms with Crippen LogP contribution in [-0.2, 0) is 15.1 Å². The lowest BCUT2D eigenvalue weighted by atomic mass is 9.75. The highest BCUT2D eigenvalue weighted by molar-refractivity contribution is 5.77. The highest BCUT2D eigenvalue weighted by atomic mass is 16.5. The minimum absolute atomic E-state index is 0.468. The maximum atomic E-state index is 12.4. The predicted octanol–water partition coefficient (Wildman–Crippen LogP) is 3.68. The SMILES string of the molecule is CC/C=C/C(C(=O)OC)C(O)(c1ccccc1)c1ccccc1. The molecule has 0 aliphatic heterocycles. The van der Waals surface area contributed by atoms with Crippen molar-refractivity contribution in [3.8, 4) is 0 Å². The molecule has 3 heteroatoms. The predicted molar refractivity (Wildman–Crippen MR) is 90.8 cm³/mol. The van der Waals surface area contributed by atoms with Crippen LogP contribution in [-0.4, -0.2) is 18.2 Å². The summed E-state index contributed by atoms with van der Waals surface area (Å²) < 4.78 is 4.95. The zero-order chi connectivity index (χ0) is 16.7. The van der Waals surface area contributed by atoms with Gasteiger partial charge in [-0.2, -0.15) is 0 Å².